The Hall–Kier alpha value is -1.89. The summed E-state index contributed by atoms with van der Waals surface area (Å²) in [6.45, 7) is 0.848. The van der Waals surface area contributed by atoms with Crippen molar-refractivity contribution < 1.29 is 19.3 Å². The summed E-state index contributed by atoms with van der Waals surface area (Å²) in [7, 11) is 1.71. The minimum Gasteiger partial charge on any atom is -0.496 e. The molecule has 25 heavy (non-hydrogen) atoms. The van der Waals surface area contributed by atoms with Gasteiger partial charge in [-0.05, 0) is 42.5 Å². The number of aromatic nitrogens is 2. The Bertz CT molecular complexity index is 803. The number of hydrogen-bond acceptors (Lipinski definition) is 5. The third-order valence-corrected chi connectivity index (χ3v) is 5.68. The molecule has 1 N–H and O–H groups in total. The van der Waals surface area contributed by atoms with Crippen LogP contribution in [0.15, 0.2) is 24.5 Å². The fourth-order valence-electron chi connectivity index (χ4n) is 4.43. The molecule has 0 bridgehead atoms. The van der Waals surface area contributed by atoms with Gasteiger partial charge in [0.05, 0.1) is 31.9 Å². The van der Waals surface area contributed by atoms with Crippen molar-refractivity contribution in [1.82, 2.24) is 9.55 Å². The summed E-state index contributed by atoms with van der Waals surface area (Å²) in [6, 6.07) is 4.38. The standard InChI is InChI=1S/C19H22N2O4/c1-23-16-8-12-4-2-3-11(12)7-13(16)19-20-5-6-21(19)14-9-24-18-15(22)10-25-17(14)18/h5-8,14-15,17-18,22H,2-4,9-10H2,1H3/t14-,15+,17+,18+/m0/s1. The van der Waals surface area contributed by atoms with Crippen molar-refractivity contribution in [3.63, 3.8) is 0 Å². The number of aryl methyl sites for hydroxylation is 2. The van der Waals surface area contributed by atoms with Gasteiger partial charge in [0, 0.05) is 12.4 Å². The summed E-state index contributed by atoms with van der Waals surface area (Å²) in [4.78, 5) is 4.61. The van der Waals surface area contributed by atoms with Crippen LogP contribution in [-0.2, 0) is 22.3 Å². The second-order valence-electron chi connectivity index (χ2n) is 7.06. The fourth-order valence-corrected chi connectivity index (χ4v) is 4.43. The monoisotopic (exact) mass is 342 g/mol. The van der Waals surface area contributed by atoms with Crippen molar-refractivity contribution in [2.75, 3.05) is 20.3 Å². The largest absolute Gasteiger partial charge is 0.496 e. The van der Waals surface area contributed by atoms with E-state index in [9.17, 15) is 5.11 Å². The van der Waals surface area contributed by atoms with Gasteiger partial charge >= 0.3 is 0 Å². The van der Waals surface area contributed by atoms with E-state index in [4.69, 9.17) is 14.2 Å². The molecule has 3 heterocycles. The summed E-state index contributed by atoms with van der Waals surface area (Å²) >= 11 is 0. The maximum absolute atomic E-state index is 9.99. The van der Waals surface area contributed by atoms with E-state index in [0.29, 0.717) is 13.2 Å². The minimum atomic E-state index is -0.545. The first-order chi connectivity index (χ1) is 12.3. The van der Waals surface area contributed by atoms with Crippen LogP contribution >= 0.6 is 0 Å². The Balaban J connectivity index is 1.56. The number of ether oxygens (including phenoxy) is 3. The van der Waals surface area contributed by atoms with Crippen molar-refractivity contribution in [2.24, 2.45) is 0 Å². The molecule has 1 aromatic carbocycles. The van der Waals surface area contributed by atoms with E-state index in [1.807, 2.05) is 6.20 Å². The molecular weight excluding hydrogens is 320 g/mol. The quantitative estimate of drug-likeness (QED) is 0.920. The molecule has 0 amide bonds. The van der Waals surface area contributed by atoms with Crippen LogP contribution in [0.2, 0.25) is 0 Å². The average Bonchev–Trinajstić information content (AvgIpc) is 3.39. The summed E-state index contributed by atoms with van der Waals surface area (Å²) in [5.41, 5.74) is 3.78. The van der Waals surface area contributed by atoms with Gasteiger partial charge in [-0.15, -0.1) is 0 Å². The van der Waals surface area contributed by atoms with Crippen LogP contribution in [0.1, 0.15) is 23.6 Å². The lowest BCUT2D eigenvalue weighted by Gasteiger charge is -2.21. The summed E-state index contributed by atoms with van der Waals surface area (Å²) in [5.74, 6) is 1.72. The zero-order chi connectivity index (χ0) is 17.0. The molecule has 4 atom stereocenters. The van der Waals surface area contributed by atoms with Crippen molar-refractivity contribution in [1.29, 1.82) is 0 Å². The number of fused-ring (bicyclic) bond motifs is 2. The van der Waals surface area contributed by atoms with Crippen LogP contribution < -0.4 is 4.74 Å². The zero-order valence-electron chi connectivity index (χ0n) is 14.2. The zero-order valence-corrected chi connectivity index (χ0v) is 14.2. The first-order valence-corrected chi connectivity index (χ1v) is 8.90. The van der Waals surface area contributed by atoms with E-state index in [1.165, 1.54) is 17.5 Å². The van der Waals surface area contributed by atoms with Gasteiger partial charge in [0.25, 0.3) is 0 Å². The van der Waals surface area contributed by atoms with Crippen LogP contribution in [0.5, 0.6) is 5.75 Å². The lowest BCUT2D eigenvalue weighted by molar-refractivity contribution is 0.0172. The van der Waals surface area contributed by atoms with Crippen LogP contribution in [0, 0.1) is 0 Å². The van der Waals surface area contributed by atoms with Crippen molar-refractivity contribution in [3.05, 3.63) is 35.7 Å². The number of aliphatic hydroxyl groups excluding tert-OH is 1. The molecule has 6 heteroatoms. The van der Waals surface area contributed by atoms with E-state index < -0.39 is 6.10 Å². The highest BCUT2D eigenvalue weighted by atomic mass is 16.6. The van der Waals surface area contributed by atoms with Crippen molar-refractivity contribution >= 4 is 0 Å². The van der Waals surface area contributed by atoms with E-state index in [0.717, 1.165) is 30.0 Å². The summed E-state index contributed by atoms with van der Waals surface area (Å²) < 4.78 is 19.4. The smallest absolute Gasteiger partial charge is 0.144 e. The van der Waals surface area contributed by atoms with Gasteiger partial charge < -0.3 is 23.9 Å². The van der Waals surface area contributed by atoms with E-state index in [-0.39, 0.29) is 18.2 Å². The van der Waals surface area contributed by atoms with Gasteiger partial charge in [0.2, 0.25) is 0 Å². The number of nitrogens with zero attached hydrogens (tertiary/aromatic N) is 2. The van der Waals surface area contributed by atoms with Gasteiger partial charge in [0.15, 0.2) is 0 Å². The predicted octanol–water partition coefficient (Wildman–Crippen LogP) is 1.75. The molecule has 2 fully saturated rings. The summed E-state index contributed by atoms with van der Waals surface area (Å²) in [6.07, 6.45) is 6.27. The van der Waals surface area contributed by atoms with E-state index in [2.05, 4.69) is 21.7 Å². The van der Waals surface area contributed by atoms with Gasteiger partial charge in [-0.2, -0.15) is 0 Å². The molecule has 132 valence electrons. The number of rotatable bonds is 3. The highest BCUT2D eigenvalue weighted by Crippen LogP contribution is 2.40. The topological polar surface area (TPSA) is 65.7 Å². The second-order valence-corrected chi connectivity index (χ2v) is 7.06. The lowest BCUT2D eigenvalue weighted by atomic mass is 10.0. The normalized spacial score (nSPS) is 30.5. The molecule has 3 aliphatic rings. The molecule has 6 nitrogen and oxygen atoms in total. The fraction of sp³-hybridized carbons (Fsp3) is 0.526. The van der Waals surface area contributed by atoms with E-state index >= 15 is 0 Å². The molecule has 1 aromatic heterocycles. The SMILES string of the molecule is COc1cc2c(cc1-c1nccn1[C@H]1CO[C@H]3[C@@H]1OC[C@H]3O)CCC2. The van der Waals surface area contributed by atoms with Crippen LogP contribution in [0.25, 0.3) is 11.4 Å². The molecule has 1 aliphatic carbocycles. The molecule has 0 unspecified atom stereocenters. The molecule has 2 aromatic rings. The molecule has 0 radical (unpaired) electrons. The maximum Gasteiger partial charge on any atom is 0.144 e. The molecule has 0 saturated carbocycles. The maximum atomic E-state index is 9.99. The Morgan fingerprint density at radius 3 is 2.80 bits per heavy atom. The van der Waals surface area contributed by atoms with Gasteiger partial charge in [-0.1, -0.05) is 0 Å². The van der Waals surface area contributed by atoms with Gasteiger partial charge in [0.1, 0.15) is 29.9 Å². The Kier molecular flexibility index (Phi) is 3.58. The number of hydrogen-bond donors (Lipinski definition) is 1. The third-order valence-electron chi connectivity index (χ3n) is 5.68. The molecule has 5 rings (SSSR count). The molecule has 2 aliphatic heterocycles. The van der Waals surface area contributed by atoms with Gasteiger partial charge in [-0.3, -0.25) is 0 Å². The highest BCUT2D eigenvalue weighted by Gasteiger charge is 2.48. The number of benzene rings is 1. The number of methoxy groups -OCH3 is 1. The Morgan fingerprint density at radius 1 is 1.16 bits per heavy atom. The Labute approximate surface area is 146 Å². The van der Waals surface area contributed by atoms with Crippen molar-refractivity contribution in [2.45, 2.75) is 43.6 Å². The summed E-state index contributed by atoms with van der Waals surface area (Å²) in [5, 5.41) is 9.99. The first-order valence-electron chi connectivity index (χ1n) is 8.90. The number of imidazole rings is 1. The first kappa shape index (κ1) is 15.4. The van der Waals surface area contributed by atoms with Crippen molar-refractivity contribution in [3.8, 4) is 17.1 Å². The average molecular weight is 342 g/mol. The Morgan fingerprint density at radius 2 is 1.96 bits per heavy atom. The van der Waals surface area contributed by atoms with Gasteiger partial charge in [-0.25, -0.2) is 4.98 Å². The second kappa shape index (κ2) is 5.83. The van der Waals surface area contributed by atoms with Crippen LogP contribution in [0.3, 0.4) is 0 Å². The van der Waals surface area contributed by atoms with Crippen LogP contribution in [0.4, 0.5) is 0 Å². The van der Waals surface area contributed by atoms with E-state index in [1.54, 1.807) is 13.3 Å². The molecule has 0 spiro atoms. The lowest BCUT2D eigenvalue weighted by Crippen LogP contribution is -2.30. The predicted molar refractivity (Wildman–Crippen MR) is 90.8 cm³/mol. The molecular formula is C19H22N2O4. The molecule has 2 saturated heterocycles. The third kappa shape index (κ3) is 2.32. The number of aliphatic hydroxyl groups is 1. The van der Waals surface area contributed by atoms with Crippen LogP contribution in [-0.4, -0.2) is 53.3 Å². The highest BCUT2D eigenvalue weighted by molar-refractivity contribution is 5.67. The minimum absolute atomic E-state index is 0.0117.